The van der Waals surface area contributed by atoms with E-state index in [2.05, 4.69) is 18.7 Å². The highest BCUT2D eigenvalue weighted by atomic mass is 19.1. The molecule has 0 heterocycles. The number of nitrogens with two attached hydrogens (primary N) is 1. The van der Waals surface area contributed by atoms with Gasteiger partial charge < -0.3 is 10.6 Å². The zero-order valence-corrected chi connectivity index (χ0v) is 12.5. The minimum Gasteiger partial charge on any atom is -0.371 e. The van der Waals surface area contributed by atoms with Gasteiger partial charge in [-0.15, -0.1) is 0 Å². The average Bonchev–Trinajstić information content (AvgIpc) is 2.38. The molecule has 1 unspecified atom stereocenters. The van der Waals surface area contributed by atoms with E-state index < -0.39 is 0 Å². The van der Waals surface area contributed by atoms with Crippen molar-refractivity contribution in [3.8, 4) is 0 Å². The van der Waals surface area contributed by atoms with E-state index in [4.69, 9.17) is 5.73 Å². The molecule has 0 amide bonds. The zero-order chi connectivity index (χ0) is 14.3. The minimum absolute atomic E-state index is 0.189. The summed E-state index contributed by atoms with van der Waals surface area (Å²) in [6, 6.07) is 5.00. The van der Waals surface area contributed by atoms with Gasteiger partial charge in [0.05, 0.1) is 0 Å². The van der Waals surface area contributed by atoms with Crippen molar-refractivity contribution in [1.29, 1.82) is 0 Å². The highest BCUT2D eigenvalue weighted by molar-refractivity contribution is 5.55. The first-order valence-corrected chi connectivity index (χ1v) is 7.40. The van der Waals surface area contributed by atoms with E-state index in [-0.39, 0.29) is 11.9 Å². The number of halogens is 1. The van der Waals surface area contributed by atoms with Crippen LogP contribution in [0.25, 0.3) is 0 Å². The molecule has 0 radical (unpaired) electrons. The second kappa shape index (κ2) is 8.16. The van der Waals surface area contributed by atoms with Crippen molar-refractivity contribution < 1.29 is 4.39 Å². The molecule has 0 saturated carbocycles. The van der Waals surface area contributed by atoms with E-state index in [1.54, 1.807) is 6.07 Å². The molecule has 108 valence electrons. The summed E-state index contributed by atoms with van der Waals surface area (Å²) in [7, 11) is 0. The van der Waals surface area contributed by atoms with E-state index in [0.29, 0.717) is 5.56 Å². The van der Waals surface area contributed by atoms with Crippen LogP contribution in [0.15, 0.2) is 18.2 Å². The Hall–Kier alpha value is -1.09. The standard InChI is InChI=1S/C16H27FN2/c1-4-6-11-19(12-7-5-2)15-10-8-9-14(17)16(15)13(3)18/h8-10,13H,4-7,11-12,18H2,1-3H3. The number of benzene rings is 1. The maximum Gasteiger partial charge on any atom is 0.130 e. The number of unbranched alkanes of at least 4 members (excludes halogenated alkanes) is 2. The third kappa shape index (κ3) is 4.50. The Kier molecular flexibility index (Phi) is 6.85. The SMILES string of the molecule is CCCCN(CCCC)c1cccc(F)c1C(C)N. The zero-order valence-electron chi connectivity index (χ0n) is 12.5. The summed E-state index contributed by atoms with van der Waals surface area (Å²) in [5.41, 5.74) is 7.56. The van der Waals surface area contributed by atoms with Crippen LogP contribution in [0.2, 0.25) is 0 Å². The third-order valence-corrected chi connectivity index (χ3v) is 3.39. The molecule has 0 bridgehead atoms. The topological polar surface area (TPSA) is 29.3 Å². The van der Waals surface area contributed by atoms with Crippen LogP contribution >= 0.6 is 0 Å². The predicted molar refractivity (Wildman–Crippen MR) is 81.0 cm³/mol. The summed E-state index contributed by atoms with van der Waals surface area (Å²) < 4.78 is 14.0. The molecule has 0 aliphatic carbocycles. The molecule has 1 aromatic carbocycles. The molecule has 0 saturated heterocycles. The van der Waals surface area contributed by atoms with Crippen LogP contribution in [0.1, 0.15) is 58.1 Å². The first-order valence-electron chi connectivity index (χ1n) is 7.40. The van der Waals surface area contributed by atoms with Crippen LogP contribution < -0.4 is 10.6 Å². The molecule has 1 rings (SSSR count). The van der Waals surface area contributed by atoms with Gasteiger partial charge in [-0.05, 0) is 31.9 Å². The summed E-state index contributed by atoms with van der Waals surface area (Å²) in [4.78, 5) is 2.29. The molecule has 19 heavy (non-hydrogen) atoms. The van der Waals surface area contributed by atoms with Crippen molar-refractivity contribution in [2.45, 2.75) is 52.5 Å². The van der Waals surface area contributed by atoms with Crippen LogP contribution in [-0.2, 0) is 0 Å². The van der Waals surface area contributed by atoms with Gasteiger partial charge in [-0.3, -0.25) is 0 Å². The maximum atomic E-state index is 14.0. The lowest BCUT2D eigenvalue weighted by atomic mass is 10.0. The number of anilines is 1. The quantitative estimate of drug-likeness (QED) is 0.762. The van der Waals surface area contributed by atoms with Crippen molar-refractivity contribution in [1.82, 2.24) is 0 Å². The van der Waals surface area contributed by atoms with Gasteiger partial charge in [-0.2, -0.15) is 0 Å². The fourth-order valence-corrected chi connectivity index (χ4v) is 2.30. The molecule has 0 aliphatic heterocycles. The van der Waals surface area contributed by atoms with Crippen molar-refractivity contribution in [2.24, 2.45) is 5.73 Å². The van der Waals surface area contributed by atoms with Crippen LogP contribution in [0, 0.1) is 5.82 Å². The summed E-state index contributed by atoms with van der Waals surface area (Å²) in [6.07, 6.45) is 4.54. The maximum absolute atomic E-state index is 14.0. The fraction of sp³-hybridized carbons (Fsp3) is 0.625. The van der Waals surface area contributed by atoms with E-state index in [9.17, 15) is 4.39 Å². The summed E-state index contributed by atoms with van der Waals surface area (Å²) in [5, 5.41) is 0. The van der Waals surface area contributed by atoms with Gasteiger partial charge in [0.15, 0.2) is 0 Å². The van der Waals surface area contributed by atoms with E-state index in [0.717, 1.165) is 44.5 Å². The fourth-order valence-electron chi connectivity index (χ4n) is 2.30. The Labute approximate surface area is 116 Å². The predicted octanol–water partition coefficient (Wildman–Crippen LogP) is 4.25. The molecule has 2 N–H and O–H groups in total. The second-order valence-corrected chi connectivity index (χ2v) is 5.16. The van der Waals surface area contributed by atoms with Gasteiger partial charge in [0.2, 0.25) is 0 Å². The Morgan fingerprint density at radius 1 is 1.16 bits per heavy atom. The molecule has 1 atom stereocenters. The van der Waals surface area contributed by atoms with Crippen molar-refractivity contribution in [3.63, 3.8) is 0 Å². The van der Waals surface area contributed by atoms with Gasteiger partial charge in [0.1, 0.15) is 5.82 Å². The van der Waals surface area contributed by atoms with E-state index >= 15 is 0 Å². The van der Waals surface area contributed by atoms with Crippen LogP contribution in [0.3, 0.4) is 0 Å². The molecule has 0 aliphatic rings. The molecular weight excluding hydrogens is 239 g/mol. The summed E-state index contributed by atoms with van der Waals surface area (Å²) >= 11 is 0. The molecule has 0 spiro atoms. The van der Waals surface area contributed by atoms with Gasteiger partial charge in [0.25, 0.3) is 0 Å². The van der Waals surface area contributed by atoms with E-state index in [1.807, 2.05) is 13.0 Å². The lowest BCUT2D eigenvalue weighted by molar-refractivity contribution is 0.588. The van der Waals surface area contributed by atoms with Gasteiger partial charge in [0, 0.05) is 30.4 Å². The molecule has 3 heteroatoms. The first kappa shape index (κ1) is 16.0. The van der Waals surface area contributed by atoms with Gasteiger partial charge >= 0.3 is 0 Å². The van der Waals surface area contributed by atoms with Crippen LogP contribution in [0.4, 0.5) is 10.1 Å². The van der Waals surface area contributed by atoms with E-state index in [1.165, 1.54) is 6.07 Å². The number of rotatable bonds is 8. The summed E-state index contributed by atoms with van der Waals surface area (Å²) in [6.45, 7) is 8.14. The highest BCUT2D eigenvalue weighted by Crippen LogP contribution is 2.28. The van der Waals surface area contributed by atoms with Crippen LogP contribution in [0.5, 0.6) is 0 Å². The highest BCUT2D eigenvalue weighted by Gasteiger charge is 2.16. The Bertz CT molecular complexity index is 369. The van der Waals surface area contributed by atoms with Gasteiger partial charge in [-0.1, -0.05) is 32.8 Å². The second-order valence-electron chi connectivity index (χ2n) is 5.16. The lowest BCUT2D eigenvalue weighted by Gasteiger charge is -2.28. The van der Waals surface area contributed by atoms with Gasteiger partial charge in [-0.25, -0.2) is 4.39 Å². The Morgan fingerprint density at radius 2 is 1.74 bits per heavy atom. The molecule has 0 fully saturated rings. The minimum atomic E-state index is -0.276. The third-order valence-electron chi connectivity index (χ3n) is 3.39. The monoisotopic (exact) mass is 266 g/mol. The lowest BCUT2D eigenvalue weighted by Crippen LogP contribution is -2.28. The largest absolute Gasteiger partial charge is 0.371 e. The Balaban J connectivity index is 3.02. The van der Waals surface area contributed by atoms with Crippen molar-refractivity contribution >= 4 is 5.69 Å². The van der Waals surface area contributed by atoms with Crippen LogP contribution in [-0.4, -0.2) is 13.1 Å². The first-order chi connectivity index (χ1) is 9.11. The normalized spacial score (nSPS) is 12.5. The smallest absolute Gasteiger partial charge is 0.130 e. The molecule has 2 nitrogen and oxygen atoms in total. The summed E-state index contributed by atoms with van der Waals surface area (Å²) in [5.74, 6) is -0.189. The molecule has 0 aromatic heterocycles. The number of hydrogen-bond donors (Lipinski definition) is 1. The number of hydrogen-bond acceptors (Lipinski definition) is 2. The molecular formula is C16H27FN2. The Morgan fingerprint density at radius 3 is 2.21 bits per heavy atom. The average molecular weight is 266 g/mol. The van der Waals surface area contributed by atoms with Crippen molar-refractivity contribution in [2.75, 3.05) is 18.0 Å². The number of nitrogens with zero attached hydrogens (tertiary/aromatic N) is 1. The van der Waals surface area contributed by atoms with Crippen molar-refractivity contribution in [3.05, 3.63) is 29.6 Å². The molecule has 1 aromatic rings.